The fourth-order valence-corrected chi connectivity index (χ4v) is 2.98. The lowest BCUT2D eigenvalue weighted by molar-refractivity contribution is -0.131. The van der Waals surface area contributed by atoms with E-state index in [2.05, 4.69) is 0 Å². The van der Waals surface area contributed by atoms with Crippen LogP contribution < -0.4 is 10.0 Å². The molecule has 1 saturated heterocycles. The summed E-state index contributed by atoms with van der Waals surface area (Å²) in [7, 11) is -4.39. The van der Waals surface area contributed by atoms with Crippen LogP contribution in [-0.4, -0.2) is 31.1 Å². The minimum absolute atomic E-state index is 0.180. The normalized spacial score (nSPS) is 17.9. The first kappa shape index (κ1) is 16.8. The molecule has 8 nitrogen and oxygen atoms in total. The number of rotatable bonds is 4. The monoisotopic (exact) mass is 360 g/mol. The van der Waals surface area contributed by atoms with Crippen molar-refractivity contribution in [2.45, 2.75) is 4.90 Å². The first-order valence-electron chi connectivity index (χ1n) is 7.10. The molecule has 1 fully saturated rings. The second kappa shape index (κ2) is 6.11. The molecule has 2 aromatic carbocycles. The lowest BCUT2D eigenvalue weighted by atomic mass is 10.1. The molecule has 1 aliphatic rings. The van der Waals surface area contributed by atoms with Gasteiger partial charge in [-0.1, -0.05) is 18.2 Å². The molecule has 2 amide bonds. The maximum atomic E-state index is 12.5. The Morgan fingerprint density at radius 2 is 1.32 bits per heavy atom. The van der Waals surface area contributed by atoms with Crippen molar-refractivity contribution in [3.8, 4) is 0 Å². The Morgan fingerprint density at radius 1 is 0.840 bits per heavy atom. The van der Waals surface area contributed by atoms with Crippen molar-refractivity contribution in [1.82, 2.24) is 0 Å². The summed E-state index contributed by atoms with van der Waals surface area (Å²) in [5.74, 6) is -2.92. The van der Waals surface area contributed by atoms with Crippen molar-refractivity contribution in [3.05, 3.63) is 54.6 Å². The zero-order valence-electron chi connectivity index (χ0n) is 12.6. The van der Waals surface area contributed by atoms with E-state index in [-0.39, 0.29) is 16.9 Å². The molecule has 0 aliphatic carbocycles. The van der Waals surface area contributed by atoms with Crippen LogP contribution >= 0.6 is 0 Å². The van der Waals surface area contributed by atoms with Crippen molar-refractivity contribution >= 4 is 39.6 Å². The highest BCUT2D eigenvalue weighted by Crippen LogP contribution is 2.31. The number of aldehydes is 1. The van der Waals surface area contributed by atoms with Gasteiger partial charge >= 0.3 is 0 Å². The molecule has 1 N–H and O–H groups in total. The molecule has 0 bridgehead atoms. The van der Waals surface area contributed by atoms with Crippen LogP contribution in [0.3, 0.4) is 0 Å². The number of anilines is 2. The van der Waals surface area contributed by atoms with Gasteiger partial charge in [-0.2, -0.15) is 8.42 Å². The van der Waals surface area contributed by atoms with Gasteiger partial charge in [-0.25, -0.2) is 10.0 Å². The molecular weight excluding hydrogens is 348 g/mol. The van der Waals surface area contributed by atoms with Crippen molar-refractivity contribution in [2.75, 3.05) is 10.0 Å². The molecule has 2 aromatic rings. The Hall–Kier alpha value is -3.04. The molecule has 9 heteroatoms. The summed E-state index contributed by atoms with van der Waals surface area (Å²) in [5, 5.41) is 2.06. The predicted molar refractivity (Wildman–Crippen MR) is 87.2 cm³/mol. The van der Waals surface area contributed by atoms with Gasteiger partial charge in [-0.15, -0.1) is 0 Å². The number of carbonyl (C=O) groups is 3. The van der Waals surface area contributed by atoms with Gasteiger partial charge < -0.3 is 4.79 Å². The molecule has 0 radical (unpaired) electrons. The minimum Gasteiger partial charge on any atom is -0.302 e. The van der Waals surface area contributed by atoms with Gasteiger partial charge in [0.1, 0.15) is 6.29 Å². The molecule has 128 valence electrons. The maximum absolute atomic E-state index is 12.5. The van der Waals surface area contributed by atoms with Crippen molar-refractivity contribution in [2.24, 2.45) is 5.92 Å². The molecule has 0 saturated carbocycles. The summed E-state index contributed by atoms with van der Waals surface area (Å²) in [6.45, 7) is 0. The smallest absolute Gasteiger partial charge is 0.294 e. The van der Waals surface area contributed by atoms with Gasteiger partial charge in [0.05, 0.1) is 16.3 Å². The van der Waals surface area contributed by atoms with Crippen molar-refractivity contribution < 1.29 is 27.4 Å². The third-order valence-electron chi connectivity index (χ3n) is 3.67. The SMILES string of the molecule is O=CC1C(=O)N(c2ccccc2)N(c2ccc(S(=O)(=O)O)cc2)C1=O. The Morgan fingerprint density at radius 3 is 1.76 bits per heavy atom. The van der Waals surface area contributed by atoms with E-state index in [1.165, 1.54) is 12.1 Å². The van der Waals surface area contributed by atoms with Gasteiger partial charge in [-0.3, -0.25) is 14.1 Å². The summed E-state index contributed by atoms with van der Waals surface area (Å²) < 4.78 is 31.3. The van der Waals surface area contributed by atoms with Crippen molar-refractivity contribution in [3.63, 3.8) is 0 Å². The van der Waals surface area contributed by atoms with Crippen LogP contribution in [0.25, 0.3) is 0 Å². The van der Waals surface area contributed by atoms with Crippen LogP contribution in [0.5, 0.6) is 0 Å². The molecule has 0 aromatic heterocycles. The zero-order chi connectivity index (χ0) is 18.2. The first-order valence-corrected chi connectivity index (χ1v) is 8.54. The summed E-state index contributed by atoms with van der Waals surface area (Å²) >= 11 is 0. The Balaban J connectivity index is 2.09. The largest absolute Gasteiger partial charge is 0.302 e. The quantitative estimate of drug-likeness (QED) is 0.495. The highest BCUT2D eigenvalue weighted by atomic mass is 32.2. The maximum Gasteiger partial charge on any atom is 0.294 e. The van der Waals surface area contributed by atoms with E-state index in [1.807, 2.05) is 0 Å². The standard InChI is InChI=1S/C16H12N2O6S/c19-10-14-15(20)17(11-4-2-1-3-5-11)18(16(14)21)12-6-8-13(9-7-12)25(22,23)24/h1-10,14H,(H,22,23,24). The molecule has 1 heterocycles. The van der Waals surface area contributed by atoms with Crippen LogP contribution in [0.4, 0.5) is 11.4 Å². The van der Waals surface area contributed by atoms with E-state index in [0.717, 1.165) is 22.2 Å². The average molecular weight is 360 g/mol. The second-order valence-corrected chi connectivity index (χ2v) is 6.64. The summed E-state index contributed by atoms with van der Waals surface area (Å²) in [6.07, 6.45) is 0.271. The Kier molecular flexibility index (Phi) is 4.11. The third kappa shape index (κ3) is 2.90. The fraction of sp³-hybridized carbons (Fsp3) is 0.0625. The van der Waals surface area contributed by atoms with Crippen LogP contribution in [0.2, 0.25) is 0 Å². The van der Waals surface area contributed by atoms with Crippen LogP contribution in [-0.2, 0) is 24.5 Å². The summed E-state index contributed by atoms with van der Waals surface area (Å²) in [6, 6.07) is 13.0. The zero-order valence-corrected chi connectivity index (χ0v) is 13.5. The van der Waals surface area contributed by atoms with Gasteiger partial charge in [0.2, 0.25) is 0 Å². The van der Waals surface area contributed by atoms with E-state index in [0.29, 0.717) is 5.69 Å². The number of amides is 2. The minimum atomic E-state index is -4.39. The number of para-hydroxylation sites is 1. The predicted octanol–water partition coefficient (Wildman–Crippen LogP) is 1.04. The van der Waals surface area contributed by atoms with Gasteiger partial charge in [0.25, 0.3) is 21.9 Å². The molecule has 25 heavy (non-hydrogen) atoms. The topological polar surface area (TPSA) is 112 Å². The van der Waals surface area contributed by atoms with E-state index in [4.69, 9.17) is 4.55 Å². The highest BCUT2D eigenvalue weighted by Gasteiger charge is 2.47. The van der Waals surface area contributed by atoms with Gasteiger partial charge in [0, 0.05) is 0 Å². The lowest BCUT2D eigenvalue weighted by Crippen LogP contribution is -2.41. The van der Waals surface area contributed by atoms with Gasteiger partial charge in [-0.05, 0) is 36.4 Å². The van der Waals surface area contributed by atoms with E-state index in [1.54, 1.807) is 30.3 Å². The number of carbonyl (C=O) groups excluding carboxylic acids is 3. The molecule has 1 atom stereocenters. The third-order valence-corrected chi connectivity index (χ3v) is 4.53. The fourth-order valence-electron chi connectivity index (χ4n) is 2.50. The molecular formula is C16H12N2O6S. The van der Waals surface area contributed by atoms with Crippen LogP contribution in [0.15, 0.2) is 59.5 Å². The molecule has 1 aliphatic heterocycles. The average Bonchev–Trinajstić information content (AvgIpc) is 2.85. The number of hydrogen-bond donors (Lipinski definition) is 1. The number of nitrogens with zero attached hydrogens (tertiary/aromatic N) is 2. The Labute approximate surface area is 143 Å². The highest BCUT2D eigenvalue weighted by molar-refractivity contribution is 7.85. The van der Waals surface area contributed by atoms with Crippen LogP contribution in [0.1, 0.15) is 0 Å². The first-order chi connectivity index (χ1) is 11.8. The number of hydrazine groups is 1. The molecule has 1 unspecified atom stereocenters. The number of hydrogen-bond acceptors (Lipinski definition) is 5. The lowest BCUT2D eigenvalue weighted by Gasteiger charge is -2.27. The van der Waals surface area contributed by atoms with E-state index in [9.17, 15) is 22.8 Å². The summed E-state index contributed by atoms with van der Waals surface area (Å²) in [4.78, 5) is 35.7. The molecule has 3 rings (SSSR count). The van der Waals surface area contributed by atoms with E-state index >= 15 is 0 Å². The molecule has 0 spiro atoms. The Bertz CT molecular complexity index is 940. The summed E-state index contributed by atoms with van der Waals surface area (Å²) in [5.41, 5.74) is 0.558. The van der Waals surface area contributed by atoms with Gasteiger partial charge in [0.15, 0.2) is 5.92 Å². The van der Waals surface area contributed by atoms with E-state index < -0.39 is 27.9 Å². The number of benzene rings is 2. The second-order valence-electron chi connectivity index (χ2n) is 5.22. The van der Waals surface area contributed by atoms with Crippen LogP contribution in [0, 0.1) is 5.92 Å². The van der Waals surface area contributed by atoms with Crippen molar-refractivity contribution in [1.29, 1.82) is 0 Å².